The molecule has 0 fully saturated rings. The molecule has 1 amide bonds. The monoisotopic (exact) mass is 290 g/mol. The Kier molecular flexibility index (Phi) is 3.91. The SMILES string of the molecule is Nc1cc(C(=O)O)ccc1C(=O)Nc1cccc(Cl)c1. The molecule has 0 aliphatic rings. The zero-order chi connectivity index (χ0) is 14.7. The molecule has 0 saturated carbocycles. The lowest BCUT2D eigenvalue weighted by atomic mass is 10.1. The van der Waals surface area contributed by atoms with Gasteiger partial charge in [0.25, 0.3) is 5.91 Å². The molecule has 0 heterocycles. The Morgan fingerprint density at radius 2 is 1.90 bits per heavy atom. The third-order valence-electron chi connectivity index (χ3n) is 2.63. The van der Waals surface area contributed by atoms with Crippen LogP contribution in [-0.4, -0.2) is 17.0 Å². The van der Waals surface area contributed by atoms with Gasteiger partial charge in [0.1, 0.15) is 0 Å². The molecule has 2 rings (SSSR count). The Bertz CT molecular complexity index is 686. The molecule has 6 heteroatoms. The number of aromatic carboxylic acids is 1. The van der Waals surface area contributed by atoms with Crippen LogP contribution in [0.4, 0.5) is 11.4 Å². The van der Waals surface area contributed by atoms with Crippen LogP contribution in [0.3, 0.4) is 0 Å². The summed E-state index contributed by atoms with van der Waals surface area (Å²) in [5.74, 6) is -1.53. The lowest BCUT2D eigenvalue weighted by Crippen LogP contribution is -2.14. The van der Waals surface area contributed by atoms with Crippen molar-refractivity contribution in [3.8, 4) is 0 Å². The lowest BCUT2D eigenvalue weighted by Gasteiger charge is -2.08. The van der Waals surface area contributed by atoms with Crippen LogP contribution in [0.1, 0.15) is 20.7 Å². The first-order chi connectivity index (χ1) is 9.47. The Morgan fingerprint density at radius 1 is 1.15 bits per heavy atom. The first-order valence-corrected chi connectivity index (χ1v) is 6.05. The highest BCUT2D eigenvalue weighted by atomic mass is 35.5. The zero-order valence-electron chi connectivity index (χ0n) is 10.3. The van der Waals surface area contributed by atoms with Gasteiger partial charge in [0.2, 0.25) is 0 Å². The molecule has 0 radical (unpaired) electrons. The Labute approximate surface area is 120 Å². The fourth-order valence-electron chi connectivity index (χ4n) is 1.67. The number of anilines is 2. The molecule has 0 saturated heterocycles. The minimum Gasteiger partial charge on any atom is -0.478 e. The number of amides is 1. The average Bonchev–Trinajstić information content (AvgIpc) is 2.38. The molecule has 0 bridgehead atoms. The van der Waals surface area contributed by atoms with Crippen LogP contribution in [0.2, 0.25) is 5.02 Å². The molecule has 20 heavy (non-hydrogen) atoms. The standard InChI is InChI=1S/C14H11ClN2O3/c15-9-2-1-3-10(7-9)17-13(18)11-5-4-8(14(19)20)6-12(11)16/h1-7H,16H2,(H,17,18)(H,19,20). The largest absolute Gasteiger partial charge is 0.478 e. The summed E-state index contributed by atoms with van der Waals surface area (Å²) in [6.45, 7) is 0. The number of nitrogen functional groups attached to an aromatic ring is 1. The molecular weight excluding hydrogens is 280 g/mol. The third kappa shape index (κ3) is 3.07. The number of nitrogens with one attached hydrogen (secondary N) is 1. The van der Waals surface area contributed by atoms with Gasteiger partial charge in [0, 0.05) is 16.4 Å². The maximum Gasteiger partial charge on any atom is 0.335 e. The van der Waals surface area contributed by atoms with Crippen molar-refractivity contribution >= 4 is 34.9 Å². The summed E-state index contributed by atoms with van der Waals surface area (Å²) in [5, 5.41) is 12.0. The van der Waals surface area contributed by atoms with E-state index in [4.69, 9.17) is 22.4 Å². The summed E-state index contributed by atoms with van der Waals surface area (Å²) in [6, 6.07) is 10.6. The summed E-state index contributed by atoms with van der Waals surface area (Å²) in [4.78, 5) is 22.8. The molecule has 2 aromatic carbocycles. The van der Waals surface area contributed by atoms with Gasteiger partial charge in [0.05, 0.1) is 11.1 Å². The second-order valence-electron chi connectivity index (χ2n) is 4.07. The summed E-state index contributed by atoms with van der Waals surface area (Å²) in [7, 11) is 0. The van der Waals surface area contributed by atoms with E-state index in [1.165, 1.54) is 18.2 Å². The zero-order valence-corrected chi connectivity index (χ0v) is 11.0. The average molecular weight is 291 g/mol. The van der Waals surface area contributed by atoms with Crippen molar-refractivity contribution in [2.24, 2.45) is 0 Å². The van der Waals surface area contributed by atoms with Gasteiger partial charge in [-0.15, -0.1) is 0 Å². The molecule has 102 valence electrons. The fourth-order valence-corrected chi connectivity index (χ4v) is 1.86. The van der Waals surface area contributed by atoms with Gasteiger partial charge in [-0.3, -0.25) is 4.79 Å². The van der Waals surface area contributed by atoms with Crippen molar-refractivity contribution in [2.45, 2.75) is 0 Å². The van der Waals surface area contributed by atoms with E-state index in [-0.39, 0.29) is 16.8 Å². The first-order valence-electron chi connectivity index (χ1n) is 5.67. The van der Waals surface area contributed by atoms with E-state index in [9.17, 15) is 9.59 Å². The predicted molar refractivity (Wildman–Crippen MR) is 77.2 cm³/mol. The van der Waals surface area contributed by atoms with Gasteiger partial charge in [-0.2, -0.15) is 0 Å². The van der Waals surface area contributed by atoms with Crippen LogP contribution in [0.15, 0.2) is 42.5 Å². The number of hydrogen-bond acceptors (Lipinski definition) is 3. The molecule has 0 aromatic heterocycles. The highest BCUT2D eigenvalue weighted by molar-refractivity contribution is 6.31. The molecule has 5 nitrogen and oxygen atoms in total. The molecular formula is C14H11ClN2O3. The smallest absolute Gasteiger partial charge is 0.335 e. The Morgan fingerprint density at radius 3 is 2.50 bits per heavy atom. The van der Waals surface area contributed by atoms with Crippen molar-refractivity contribution in [3.05, 3.63) is 58.6 Å². The van der Waals surface area contributed by atoms with E-state index in [0.717, 1.165) is 0 Å². The topological polar surface area (TPSA) is 92.4 Å². The lowest BCUT2D eigenvalue weighted by molar-refractivity contribution is 0.0696. The van der Waals surface area contributed by atoms with Crippen LogP contribution < -0.4 is 11.1 Å². The third-order valence-corrected chi connectivity index (χ3v) is 2.86. The molecule has 0 aliphatic carbocycles. The van der Waals surface area contributed by atoms with Crippen LogP contribution in [-0.2, 0) is 0 Å². The summed E-state index contributed by atoms with van der Waals surface area (Å²) in [6.07, 6.45) is 0. The number of carbonyl (C=O) groups is 2. The number of nitrogens with two attached hydrogens (primary N) is 1. The quantitative estimate of drug-likeness (QED) is 0.758. The number of carboxylic acid groups (broad SMARTS) is 1. The van der Waals surface area contributed by atoms with Gasteiger partial charge < -0.3 is 16.2 Å². The second kappa shape index (κ2) is 5.63. The molecule has 4 N–H and O–H groups in total. The van der Waals surface area contributed by atoms with Crippen molar-refractivity contribution < 1.29 is 14.7 Å². The van der Waals surface area contributed by atoms with E-state index < -0.39 is 11.9 Å². The minimum absolute atomic E-state index is 0.0294. The summed E-state index contributed by atoms with van der Waals surface area (Å²) in [5.41, 5.74) is 6.56. The Balaban J connectivity index is 2.23. The predicted octanol–water partition coefficient (Wildman–Crippen LogP) is 2.87. The maximum absolute atomic E-state index is 12.0. The van der Waals surface area contributed by atoms with E-state index in [1.54, 1.807) is 24.3 Å². The number of hydrogen-bond donors (Lipinski definition) is 3. The Hall–Kier alpha value is -2.53. The second-order valence-corrected chi connectivity index (χ2v) is 4.51. The normalized spacial score (nSPS) is 10.1. The van der Waals surface area contributed by atoms with Crippen molar-refractivity contribution in [2.75, 3.05) is 11.1 Å². The van der Waals surface area contributed by atoms with E-state index in [0.29, 0.717) is 10.7 Å². The van der Waals surface area contributed by atoms with Crippen molar-refractivity contribution in [1.82, 2.24) is 0 Å². The number of carboxylic acids is 1. The number of benzene rings is 2. The molecule has 0 unspecified atom stereocenters. The van der Waals surface area contributed by atoms with Crippen molar-refractivity contribution in [1.29, 1.82) is 0 Å². The van der Waals surface area contributed by atoms with E-state index >= 15 is 0 Å². The van der Waals surface area contributed by atoms with E-state index in [1.807, 2.05) is 0 Å². The van der Waals surface area contributed by atoms with Gasteiger partial charge in [0.15, 0.2) is 0 Å². The van der Waals surface area contributed by atoms with Crippen LogP contribution in [0, 0.1) is 0 Å². The van der Waals surface area contributed by atoms with Crippen LogP contribution in [0.25, 0.3) is 0 Å². The van der Waals surface area contributed by atoms with Gasteiger partial charge in [-0.25, -0.2) is 4.79 Å². The summed E-state index contributed by atoms with van der Waals surface area (Å²) >= 11 is 5.82. The minimum atomic E-state index is -1.10. The maximum atomic E-state index is 12.0. The van der Waals surface area contributed by atoms with E-state index in [2.05, 4.69) is 5.32 Å². The first kappa shape index (κ1) is 13.9. The number of carbonyl (C=O) groups excluding carboxylic acids is 1. The molecule has 0 aliphatic heterocycles. The fraction of sp³-hybridized carbons (Fsp3) is 0. The summed E-state index contributed by atoms with van der Waals surface area (Å²) < 4.78 is 0. The van der Waals surface area contributed by atoms with Crippen LogP contribution >= 0.6 is 11.6 Å². The number of halogens is 1. The van der Waals surface area contributed by atoms with Gasteiger partial charge in [-0.05, 0) is 36.4 Å². The number of rotatable bonds is 3. The highest BCUT2D eigenvalue weighted by Crippen LogP contribution is 2.19. The van der Waals surface area contributed by atoms with Crippen molar-refractivity contribution in [3.63, 3.8) is 0 Å². The highest BCUT2D eigenvalue weighted by Gasteiger charge is 2.12. The molecule has 0 atom stereocenters. The van der Waals surface area contributed by atoms with Gasteiger partial charge >= 0.3 is 5.97 Å². The molecule has 0 spiro atoms. The van der Waals surface area contributed by atoms with Crippen LogP contribution in [0.5, 0.6) is 0 Å². The molecule has 2 aromatic rings. The van der Waals surface area contributed by atoms with Gasteiger partial charge in [-0.1, -0.05) is 17.7 Å².